The molecule has 3 rings (SSSR count). The molecular weight excluding hydrogens is 350 g/mol. The average Bonchev–Trinajstić information content (AvgIpc) is 2.59. The minimum Gasteiger partial charge on any atom is -0.484 e. The number of carbonyl (C=O) groups is 1. The second kappa shape index (κ2) is 8.61. The number of carbonyl (C=O) groups excluding carboxylic acids is 1. The topological polar surface area (TPSA) is 47.6 Å². The average molecular weight is 375 g/mol. The molecule has 0 atom stereocenters. The summed E-state index contributed by atoms with van der Waals surface area (Å²) < 4.78 is 11.5. The summed E-state index contributed by atoms with van der Waals surface area (Å²) in [5.41, 5.74) is 5.31. The monoisotopic (exact) mass is 375 g/mol. The normalized spacial score (nSPS) is 10.4. The van der Waals surface area contributed by atoms with Crippen LogP contribution < -0.4 is 14.8 Å². The van der Waals surface area contributed by atoms with Crippen LogP contribution >= 0.6 is 0 Å². The number of aryl methyl sites for hydroxylation is 4. The number of rotatable bonds is 6. The largest absolute Gasteiger partial charge is 0.484 e. The smallest absolute Gasteiger partial charge is 0.262 e. The highest BCUT2D eigenvalue weighted by atomic mass is 16.5. The molecule has 1 amide bonds. The number of hydrogen-bond acceptors (Lipinski definition) is 3. The lowest BCUT2D eigenvalue weighted by Crippen LogP contribution is -2.20. The molecule has 0 aliphatic heterocycles. The van der Waals surface area contributed by atoms with E-state index in [4.69, 9.17) is 9.47 Å². The van der Waals surface area contributed by atoms with Crippen molar-refractivity contribution in [1.82, 2.24) is 0 Å². The Balaban J connectivity index is 1.54. The predicted octanol–water partition coefficient (Wildman–Crippen LogP) is 5.73. The van der Waals surface area contributed by atoms with Gasteiger partial charge in [-0.25, -0.2) is 0 Å². The molecule has 0 bridgehead atoms. The number of hydrogen-bond donors (Lipinski definition) is 1. The molecule has 0 radical (unpaired) electrons. The van der Waals surface area contributed by atoms with Gasteiger partial charge in [-0.15, -0.1) is 0 Å². The van der Waals surface area contributed by atoms with E-state index in [0.29, 0.717) is 5.75 Å². The molecule has 0 saturated heterocycles. The molecule has 0 fully saturated rings. The molecule has 0 spiro atoms. The van der Waals surface area contributed by atoms with Crippen molar-refractivity contribution in [2.24, 2.45) is 0 Å². The van der Waals surface area contributed by atoms with Gasteiger partial charge in [0.2, 0.25) is 0 Å². The summed E-state index contributed by atoms with van der Waals surface area (Å²) in [6, 6.07) is 19.3. The fourth-order valence-electron chi connectivity index (χ4n) is 3.12. The zero-order valence-corrected chi connectivity index (χ0v) is 16.7. The molecule has 0 aromatic heterocycles. The van der Waals surface area contributed by atoms with Crippen molar-refractivity contribution in [3.8, 4) is 17.2 Å². The van der Waals surface area contributed by atoms with Crippen LogP contribution in [0.1, 0.15) is 22.3 Å². The first-order chi connectivity index (χ1) is 13.4. The molecule has 0 heterocycles. The minimum absolute atomic E-state index is 0.0513. The third kappa shape index (κ3) is 5.61. The van der Waals surface area contributed by atoms with Crippen LogP contribution in [0.15, 0.2) is 60.7 Å². The summed E-state index contributed by atoms with van der Waals surface area (Å²) in [4.78, 5) is 12.1. The predicted molar refractivity (Wildman–Crippen MR) is 112 cm³/mol. The van der Waals surface area contributed by atoms with Crippen LogP contribution in [-0.2, 0) is 4.79 Å². The Kier molecular flexibility index (Phi) is 5.99. The van der Waals surface area contributed by atoms with E-state index in [0.717, 1.165) is 39.4 Å². The lowest BCUT2D eigenvalue weighted by atomic mass is 10.1. The van der Waals surface area contributed by atoms with E-state index in [1.54, 1.807) is 12.1 Å². The maximum Gasteiger partial charge on any atom is 0.262 e. The van der Waals surface area contributed by atoms with Crippen molar-refractivity contribution in [1.29, 1.82) is 0 Å². The van der Waals surface area contributed by atoms with Gasteiger partial charge in [0.05, 0.1) is 0 Å². The fraction of sp³-hybridized carbons (Fsp3) is 0.208. The van der Waals surface area contributed by atoms with Crippen molar-refractivity contribution < 1.29 is 14.3 Å². The van der Waals surface area contributed by atoms with Gasteiger partial charge in [-0.2, -0.15) is 0 Å². The molecule has 4 nitrogen and oxygen atoms in total. The van der Waals surface area contributed by atoms with Crippen LogP contribution in [0.4, 0.5) is 5.69 Å². The number of anilines is 1. The maximum atomic E-state index is 12.1. The summed E-state index contributed by atoms with van der Waals surface area (Å²) in [6.07, 6.45) is 0. The molecule has 144 valence electrons. The lowest BCUT2D eigenvalue weighted by Gasteiger charge is -2.10. The van der Waals surface area contributed by atoms with Crippen LogP contribution in [0.25, 0.3) is 0 Å². The Labute approximate surface area is 166 Å². The molecule has 3 aromatic rings. The first-order valence-electron chi connectivity index (χ1n) is 9.24. The van der Waals surface area contributed by atoms with Gasteiger partial charge in [-0.3, -0.25) is 4.79 Å². The van der Waals surface area contributed by atoms with Gasteiger partial charge < -0.3 is 14.8 Å². The molecule has 4 heteroatoms. The van der Waals surface area contributed by atoms with Gasteiger partial charge in [0.1, 0.15) is 17.2 Å². The SMILES string of the molecule is Cc1cc(C)cc(NC(=O)COc2ccc(Oc3cc(C)cc(C)c3)cc2)c1. The molecule has 0 unspecified atom stereocenters. The van der Waals surface area contributed by atoms with Crippen molar-refractivity contribution in [2.75, 3.05) is 11.9 Å². The molecule has 3 aromatic carbocycles. The van der Waals surface area contributed by atoms with E-state index < -0.39 is 0 Å². The summed E-state index contributed by atoms with van der Waals surface area (Å²) in [6.45, 7) is 8.03. The number of ether oxygens (including phenoxy) is 2. The van der Waals surface area contributed by atoms with Gasteiger partial charge in [0.25, 0.3) is 5.91 Å². The van der Waals surface area contributed by atoms with Gasteiger partial charge >= 0.3 is 0 Å². The fourth-order valence-corrected chi connectivity index (χ4v) is 3.12. The summed E-state index contributed by atoms with van der Waals surface area (Å²) >= 11 is 0. The van der Waals surface area contributed by atoms with E-state index in [1.807, 2.05) is 64.1 Å². The zero-order valence-electron chi connectivity index (χ0n) is 16.7. The Morgan fingerprint density at radius 1 is 0.714 bits per heavy atom. The standard InChI is InChI=1S/C24H25NO3/c1-16-9-17(2)12-20(11-16)25-24(26)15-27-21-5-7-22(8-6-21)28-23-13-18(3)10-19(4)14-23/h5-14H,15H2,1-4H3,(H,25,26). The van der Waals surface area contributed by atoms with Crippen LogP contribution in [0.3, 0.4) is 0 Å². The third-order valence-corrected chi connectivity index (χ3v) is 4.13. The first kappa shape index (κ1) is 19.5. The van der Waals surface area contributed by atoms with E-state index in [9.17, 15) is 4.79 Å². The second-order valence-corrected chi connectivity index (χ2v) is 7.11. The zero-order chi connectivity index (χ0) is 20.1. The van der Waals surface area contributed by atoms with Crippen molar-refractivity contribution >= 4 is 11.6 Å². The van der Waals surface area contributed by atoms with E-state index in [1.165, 1.54) is 0 Å². The van der Waals surface area contributed by atoms with Crippen LogP contribution in [0.5, 0.6) is 17.2 Å². The maximum absolute atomic E-state index is 12.1. The van der Waals surface area contributed by atoms with E-state index in [2.05, 4.69) is 17.4 Å². The lowest BCUT2D eigenvalue weighted by molar-refractivity contribution is -0.118. The number of amides is 1. The van der Waals surface area contributed by atoms with Crippen molar-refractivity contribution in [3.05, 3.63) is 82.9 Å². The minimum atomic E-state index is -0.194. The van der Waals surface area contributed by atoms with Gasteiger partial charge in [-0.1, -0.05) is 12.1 Å². The number of nitrogens with one attached hydrogen (secondary N) is 1. The molecular formula is C24H25NO3. The van der Waals surface area contributed by atoms with Crippen LogP contribution in [0.2, 0.25) is 0 Å². The molecule has 0 aliphatic rings. The molecule has 0 aliphatic carbocycles. The van der Waals surface area contributed by atoms with Crippen LogP contribution in [-0.4, -0.2) is 12.5 Å². The highest BCUT2D eigenvalue weighted by Gasteiger charge is 2.06. The Morgan fingerprint density at radius 2 is 1.21 bits per heavy atom. The molecule has 28 heavy (non-hydrogen) atoms. The molecule has 0 saturated carbocycles. The number of benzene rings is 3. The van der Waals surface area contributed by atoms with E-state index in [-0.39, 0.29) is 12.5 Å². The Hall–Kier alpha value is -3.27. The summed E-state index contributed by atoms with van der Waals surface area (Å²) in [5.74, 6) is 1.94. The summed E-state index contributed by atoms with van der Waals surface area (Å²) in [7, 11) is 0. The quantitative estimate of drug-likeness (QED) is 0.598. The highest BCUT2D eigenvalue weighted by molar-refractivity contribution is 5.92. The summed E-state index contributed by atoms with van der Waals surface area (Å²) in [5, 5.41) is 2.86. The molecule has 1 N–H and O–H groups in total. The van der Waals surface area contributed by atoms with E-state index >= 15 is 0 Å². The van der Waals surface area contributed by atoms with Gasteiger partial charge in [0.15, 0.2) is 6.61 Å². The third-order valence-electron chi connectivity index (χ3n) is 4.13. The Bertz CT molecular complexity index is 937. The van der Waals surface area contributed by atoms with Gasteiger partial charge in [-0.05, 0) is 98.5 Å². The van der Waals surface area contributed by atoms with Gasteiger partial charge in [0, 0.05) is 5.69 Å². The van der Waals surface area contributed by atoms with Crippen LogP contribution in [0, 0.1) is 27.7 Å². The van der Waals surface area contributed by atoms with Crippen molar-refractivity contribution in [3.63, 3.8) is 0 Å². The Morgan fingerprint density at radius 3 is 1.79 bits per heavy atom. The first-order valence-corrected chi connectivity index (χ1v) is 9.24. The second-order valence-electron chi connectivity index (χ2n) is 7.11. The van der Waals surface area contributed by atoms with Crippen molar-refractivity contribution in [2.45, 2.75) is 27.7 Å². The highest BCUT2D eigenvalue weighted by Crippen LogP contribution is 2.25.